The van der Waals surface area contributed by atoms with Crippen LogP contribution in [-0.2, 0) is 14.9 Å². The standard InChI is InChI=1S/C21H13F3O5S/c1-28-20(25)16-10-11-17(29-30(26,27)21(22,23)24)19-15(16)9-8-13-7-6-12-4-2-3-5-14(12)18(13)19/h2-11H,1H3. The number of hydrogen-bond acceptors (Lipinski definition) is 5. The van der Waals surface area contributed by atoms with Crippen molar-refractivity contribution < 1.29 is 35.3 Å². The average Bonchev–Trinajstić information content (AvgIpc) is 2.71. The number of halogens is 3. The molecule has 0 unspecified atom stereocenters. The van der Waals surface area contributed by atoms with Gasteiger partial charge in [0.15, 0.2) is 5.75 Å². The zero-order valence-electron chi connectivity index (χ0n) is 15.4. The van der Waals surface area contributed by atoms with E-state index < -0.39 is 27.3 Å². The van der Waals surface area contributed by atoms with E-state index in [4.69, 9.17) is 4.74 Å². The molecule has 4 rings (SSSR count). The van der Waals surface area contributed by atoms with E-state index in [1.165, 1.54) is 19.2 Å². The molecule has 5 nitrogen and oxygen atoms in total. The Morgan fingerprint density at radius 2 is 1.50 bits per heavy atom. The van der Waals surface area contributed by atoms with Gasteiger partial charge in [-0.05, 0) is 28.3 Å². The maximum absolute atomic E-state index is 13.0. The number of benzene rings is 4. The first kappa shape index (κ1) is 20.0. The van der Waals surface area contributed by atoms with Crippen LogP contribution in [0.3, 0.4) is 0 Å². The highest BCUT2D eigenvalue weighted by Gasteiger charge is 2.48. The van der Waals surface area contributed by atoms with Crippen molar-refractivity contribution in [2.75, 3.05) is 7.11 Å². The third-order valence-corrected chi connectivity index (χ3v) is 5.70. The van der Waals surface area contributed by atoms with Gasteiger partial charge in [-0.3, -0.25) is 0 Å². The quantitative estimate of drug-likeness (QED) is 0.193. The second kappa shape index (κ2) is 6.88. The predicted octanol–water partition coefficient (Wildman–Crippen LogP) is 5.16. The molecule has 4 aromatic carbocycles. The van der Waals surface area contributed by atoms with Crippen molar-refractivity contribution in [1.29, 1.82) is 0 Å². The lowest BCUT2D eigenvalue weighted by Crippen LogP contribution is -2.28. The normalized spacial score (nSPS) is 12.4. The summed E-state index contributed by atoms with van der Waals surface area (Å²) in [6.07, 6.45) is 0. The number of rotatable bonds is 3. The summed E-state index contributed by atoms with van der Waals surface area (Å²) < 4.78 is 71.5. The van der Waals surface area contributed by atoms with Gasteiger partial charge in [0.25, 0.3) is 0 Å². The van der Waals surface area contributed by atoms with Gasteiger partial charge in [0.2, 0.25) is 0 Å². The number of fused-ring (bicyclic) bond motifs is 5. The van der Waals surface area contributed by atoms with Gasteiger partial charge in [0, 0.05) is 16.2 Å². The summed E-state index contributed by atoms with van der Waals surface area (Å²) in [5.74, 6) is -1.25. The summed E-state index contributed by atoms with van der Waals surface area (Å²) in [5.41, 5.74) is -5.54. The SMILES string of the molecule is COC(=O)c1ccc(OS(=O)(=O)C(F)(F)F)c2c1ccc1ccc3ccccc3c12. The van der Waals surface area contributed by atoms with Crippen LogP contribution < -0.4 is 4.18 Å². The molecule has 0 aliphatic rings. The molecule has 0 N–H and O–H groups in total. The highest BCUT2D eigenvalue weighted by Crippen LogP contribution is 2.40. The van der Waals surface area contributed by atoms with Gasteiger partial charge in [-0.1, -0.05) is 48.5 Å². The van der Waals surface area contributed by atoms with Crippen LogP contribution in [0.4, 0.5) is 13.2 Å². The first-order valence-corrected chi connectivity index (χ1v) is 10.0. The van der Waals surface area contributed by atoms with E-state index in [9.17, 15) is 26.4 Å². The monoisotopic (exact) mass is 434 g/mol. The molecule has 154 valence electrons. The van der Waals surface area contributed by atoms with Gasteiger partial charge in [-0.2, -0.15) is 21.6 Å². The van der Waals surface area contributed by atoms with Crippen LogP contribution in [-0.4, -0.2) is 27.0 Å². The van der Waals surface area contributed by atoms with Gasteiger partial charge in [0.05, 0.1) is 12.7 Å². The number of esters is 1. The van der Waals surface area contributed by atoms with Gasteiger partial charge in [-0.25, -0.2) is 4.79 Å². The van der Waals surface area contributed by atoms with Crippen molar-refractivity contribution in [3.8, 4) is 5.75 Å². The van der Waals surface area contributed by atoms with Gasteiger partial charge >= 0.3 is 21.6 Å². The smallest absolute Gasteiger partial charge is 0.465 e. The molecule has 0 saturated heterocycles. The summed E-state index contributed by atoms with van der Waals surface area (Å²) in [4.78, 5) is 12.2. The number of alkyl halides is 3. The molecule has 0 heterocycles. The largest absolute Gasteiger partial charge is 0.534 e. The van der Waals surface area contributed by atoms with E-state index in [-0.39, 0.29) is 16.3 Å². The summed E-state index contributed by atoms with van der Waals surface area (Å²) in [6.45, 7) is 0. The predicted molar refractivity (Wildman–Crippen MR) is 106 cm³/mol. The molecule has 0 bridgehead atoms. The summed E-state index contributed by atoms with van der Waals surface area (Å²) >= 11 is 0. The lowest BCUT2D eigenvalue weighted by molar-refractivity contribution is -0.0499. The van der Waals surface area contributed by atoms with Gasteiger partial charge in [0.1, 0.15) is 0 Å². The Kier molecular flexibility index (Phi) is 4.58. The molecule has 0 amide bonds. The van der Waals surface area contributed by atoms with Crippen LogP contribution in [0.5, 0.6) is 5.75 Å². The molecule has 0 fully saturated rings. The number of carbonyl (C=O) groups excluding carboxylic acids is 1. The number of hydrogen-bond donors (Lipinski definition) is 0. The fraction of sp³-hybridized carbons (Fsp3) is 0.0952. The van der Waals surface area contributed by atoms with Gasteiger partial charge in [-0.15, -0.1) is 0 Å². The van der Waals surface area contributed by atoms with Crippen LogP contribution in [0.15, 0.2) is 60.7 Å². The first-order valence-electron chi connectivity index (χ1n) is 8.60. The number of methoxy groups -OCH3 is 1. The van der Waals surface area contributed by atoms with E-state index in [0.717, 1.165) is 11.5 Å². The Morgan fingerprint density at radius 3 is 2.20 bits per heavy atom. The third-order valence-electron chi connectivity index (χ3n) is 4.74. The molecule has 0 spiro atoms. The molecule has 0 atom stereocenters. The van der Waals surface area contributed by atoms with Crippen molar-refractivity contribution >= 4 is 48.4 Å². The maximum atomic E-state index is 13.0. The van der Waals surface area contributed by atoms with E-state index in [0.29, 0.717) is 16.2 Å². The van der Waals surface area contributed by atoms with Crippen molar-refractivity contribution in [2.24, 2.45) is 0 Å². The van der Waals surface area contributed by atoms with Crippen molar-refractivity contribution in [1.82, 2.24) is 0 Å². The fourth-order valence-electron chi connectivity index (χ4n) is 3.43. The molecule has 0 saturated carbocycles. The topological polar surface area (TPSA) is 69.7 Å². The Balaban J connectivity index is 2.18. The van der Waals surface area contributed by atoms with Crippen LogP contribution in [0, 0.1) is 0 Å². The molecule has 4 aromatic rings. The Hall–Kier alpha value is -3.33. The maximum Gasteiger partial charge on any atom is 0.534 e. The first-order chi connectivity index (χ1) is 14.1. The zero-order valence-corrected chi connectivity index (χ0v) is 16.2. The summed E-state index contributed by atoms with van der Waals surface area (Å²) in [5, 5.41) is 2.82. The Labute approximate surface area is 168 Å². The van der Waals surface area contributed by atoms with E-state index >= 15 is 0 Å². The molecule has 0 aliphatic heterocycles. The lowest BCUT2D eigenvalue weighted by atomic mass is 9.94. The molecular weight excluding hydrogens is 421 g/mol. The summed E-state index contributed by atoms with van der Waals surface area (Å²) in [6, 6.07) is 16.1. The van der Waals surface area contributed by atoms with Crippen LogP contribution >= 0.6 is 0 Å². The molecule has 0 radical (unpaired) electrons. The van der Waals surface area contributed by atoms with Crippen LogP contribution in [0.25, 0.3) is 32.3 Å². The lowest BCUT2D eigenvalue weighted by Gasteiger charge is -2.16. The van der Waals surface area contributed by atoms with Gasteiger partial charge < -0.3 is 8.92 Å². The molecule has 9 heteroatoms. The molecule has 0 aliphatic carbocycles. The summed E-state index contributed by atoms with van der Waals surface area (Å²) in [7, 11) is -4.75. The third kappa shape index (κ3) is 3.11. The number of carbonyl (C=O) groups is 1. The van der Waals surface area contributed by atoms with E-state index in [2.05, 4.69) is 4.18 Å². The fourth-order valence-corrected chi connectivity index (χ4v) is 3.90. The minimum atomic E-state index is -5.92. The van der Waals surface area contributed by atoms with E-state index in [1.54, 1.807) is 30.3 Å². The van der Waals surface area contributed by atoms with Crippen LogP contribution in [0.2, 0.25) is 0 Å². The molecule has 30 heavy (non-hydrogen) atoms. The zero-order chi connectivity index (χ0) is 21.7. The highest BCUT2D eigenvalue weighted by atomic mass is 32.2. The van der Waals surface area contributed by atoms with E-state index in [1.807, 2.05) is 12.1 Å². The minimum Gasteiger partial charge on any atom is -0.465 e. The average molecular weight is 434 g/mol. The molecular formula is C21H13F3O5S. The highest BCUT2D eigenvalue weighted by molar-refractivity contribution is 7.88. The Bertz CT molecular complexity index is 1430. The second-order valence-electron chi connectivity index (χ2n) is 6.46. The number of ether oxygens (including phenoxy) is 1. The molecule has 0 aromatic heterocycles. The van der Waals surface area contributed by atoms with Crippen molar-refractivity contribution in [3.63, 3.8) is 0 Å². The second-order valence-corrected chi connectivity index (χ2v) is 8.00. The van der Waals surface area contributed by atoms with Crippen molar-refractivity contribution in [3.05, 3.63) is 66.2 Å². The minimum absolute atomic E-state index is 0.0686. The Morgan fingerprint density at radius 1 is 0.833 bits per heavy atom. The van der Waals surface area contributed by atoms with Crippen LogP contribution in [0.1, 0.15) is 10.4 Å². The van der Waals surface area contributed by atoms with Crippen molar-refractivity contribution in [2.45, 2.75) is 5.51 Å².